The molecule has 2 heterocycles. The fourth-order valence-corrected chi connectivity index (χ4v) is 1.80. The van der Waals surface area contributed by atoms with Gasteiger partial charge < -0.3 is 14.5 Å². The summed E-state index contributed by atoms with van der Waals surface area (Å²) in [6.07, 6.45) is 4.25. The number of hydrogen-bond acceptors (Lipinski definition) is 4. The van der Waals surface area contributed by atoms with E-state index < -0.39 is 0 Å². The molecule has 1 fully saturated rings. The topological polar surface area (TPSA) is 51.5 Å². The Hall–Kier alpha value is -1.55. The molecule has 0 aliphatic carbocycles. The van der Waals surface area contributed by atoms with Gasteiger partial charge in [0, 0.05) is 19.9 Å². The zero-order valence-electron chi connectivity index (χ0n) is 9.23. The quantitative estimate of drug-likeness (QED) is 0.770. The molecule has 1 saturated heterocycles. The van der Waals surface area contributed by atoms with Gasteiger partial charge in [-0.25, -0.2) is 0 Å². The van der Waals surface area contributed by atoms with Crippen molar-refractivity contribution in [3.05, 3.63) is 29.7 Å². The van der Waals surface area contributed by atoms with Crippen LogP contribution in [-0.2, 0) is 9.53 Å². The molecule has 0 bridgehead atoms. The summed E-state index contributed by atoms with van der Waals surface area (Å²) in [7, 11) is 0. The summed E-state index contributed by atoms with van der Waals surface area (Å²) in [4.78, 5) is 11.0. The van der Waals surface area contributed by atoms with Crippen LogP contribution in [0.3, 0.4) is 0 Å². The second-order valence-corrected chi connectivity index (χ2v) is 3.80. The van der Waals surface area contributed by atoms with Gasteiger partial charge in [0.05, 0.1) is 6.26 Å². The van der Waals surface area contributed by atoms with Crippen molar-refractivity contribution in [3.8, 4) is 0 Å². The van der Waals surface area contributed by atoms with E-state index in [1.165, 1.54) is 6.92 Å². The van der Waals surface area contributed by atoms with Gasteiger partial charge in [0.15, 0.2) is 0 Å². The van der Waals surface area contributed by atoms with E-state index in [-0.39, 0.29) is 12.1 Å². The first-order valence-electron chi connectivity index (χ1n) is 5.37. The number of piperidine rings is 1. The van der Waals surface area contributed by atoms with E-state index in [0.29, 0.717) is 0 Å². The van der Waals surface area contributed by atoms with Crippen LogP contribution in [0.1, 0.15) is 19.1 Å². The van der Waals surface area contributed by atoms with Crippen molar-refractivity contribution in [2.24, 2.45) is 0 Å². The molecule has 1 aromatic rings. The highest BCUT2D eigenvalue weighted by Gasteiger charge is 2.21. The lowest BCUT2D eigenvalue weighted by atomic mass is 10.0. The molecule has 0 aromatic carbocycles. The molecular weight excluding hydrogens is 206 g/mol. The Labute approximate surface area is 94.3 Å². The Morgan fingerprint density at radius 3 is 3.25 bits per heavy atom. The summed E-state index contributed by atoms with van der Waals surface area (Å²) >= 11 is 0. The maximum Gasteiger partial charge on any atom is 0.303 e. The first kappa shape index (κ1) is 11.0. The van der Waals surface area contributed by atoms with Crippen LogP contribution < -0.4 is 5.32 Å². The highest BCUT2D eigenvalue weighted by atomic mass is 16.5. The Morgan fingerprint density at radius 2 is 2.56 bits per heavy atom. The molecule has 1 aromatic heterocycles. The molecule has 1 atom stereocenters. The molecule has 4 nitrogen and oxygen atoms in total. The van der Waals surface area contributed by atoms with Crippen molar-refractivity contribution >= 4 is 12.0 Å². The van der Waals surface area contributed by atoms with Crippen molar-refractivity contribution < 1.29 is 13.9 Å². The molecule has 0 amide bonds. The number of carbonyl (C=O) groups excluding carboxylic acids is 1. The molecule has 16 heavy (non-hydrogen) atoms. The maximum atomic E-state index is 11.0. The average Bonchev–Trinajstić information content (AvgIpc) is 2.73. The SMILES string of the molecule is CC(=O)OC1CCNC/C1=C\c1ccco1. The first-order valence-corrected chi connectivity index (χ1v) is 5.37. The smallest absolute Gasteiger partial charge is 0.303 e. The monoisotopic (exact) mass is 221 g/mol. The minimum atomic E-state index is -0.239. The highest BCUT2D eigenvalue weighted by molar-refractivity contribution is 5.67. The molecule has 0 radical (unpaired) electrons. The third-order valence-electron chi connectivity index (χ3n) is 2.51. The van der Waals surface area contributed by atoms with E-state index in [1.807, 2.05) is 18.2 Å². The number of ether oxygens (including phenoxy) is 1. The van der Waals surface area contributed by atoms with Crippen LogP contribution in [0.15, 0.2) is 28.4 Å². The van der Waals surface area contributed by atoms with Crippen molar-refractivity contribution in [3.63, 3.8) is 0 Å². The molecule has 1 N–H and O–H groups in total. The zero-order chi connectivity index (χ0) is 11.4. The molecule has 4 heteroatoms. The molecule has 2 rings (SSSR count). The third kappa shape index (κ3) is 2.73. The van der Waals surface area contributed by atoms with Crippen LogP contribution in [0.4, 0.5) is 0 Å². The molecular formula is C12H15NO3. The minimum Gasteiger partial charge on any atom is -0.465 e. The van der Waals surface area contributed by atoms with Crippen molar-refractivity contribution in [2.45, 2.75) is 19.4 Å². The van der Waals surface area contributed by atoms with Crippen LogP contribution in [-0.4, -0.2) is 25.2 Å². The minimum absolute atomic E-state index is 0.121. The Bertz CT molecular complexity index is 381. The molecule has 86 valence electrons. The van der Waals surface area contributed by atoms with E-state index in [9.17, 15) is 4.79 Å². The van der Waals surface area contributed by atoms with E-state index in [4.69, 9.17) is 9.15 Å². The average molecular weight is 221 g/mol. The third-order valence-corrected chi connectivity index (χ3v) is 2.51. The van der Waals surface area contributed by atoms with E-state index in [2.05, 4.69) is 5.32 Å². The predicted molar refractivity (Wildman–Crippen MR) is 59.7 cm³/mol. The second-order valence-electron chi connectivity index (χ2n) is 3.80. The van der Waals surface area contributed by atoms with Gasteiger partial charge in [-0.15, -0.1) is 0 Å². The first-order chi connectivity index (χ1) is 7.75. The van der Waals surface area contributed by atoms with Crippen LogP contribution in [0, 0.1) is 0 Å². The molecule has 0 spiro atoms. The summed E-state index contributed by atoms with van der Waals surface area (Å²) in [5, 5.41) is 3.25. The molecule has 1 aliphatic rings. The van der Waals surface area contributed by atoms with Gasteiger partial charge in [-0.2, -0.15) is 0 Å². The van der Waals surface area contributed by atoms with Gasteiger partial charge in [0.25, 0.3) is 0 Å². The lowest BCUT2D eigenvalue weighted by molar-refractivity contribution is -0.145. The molecule has 1 unspecified atom stereocenters. The second kappa shape index (κ2) is 4.99. The summed E-state index contributed by atoms with van der Waals surface area (Å²) < 4.78 is 10.5. The largest absolute Gasteiger partial charge is 0.465 e. The fourth-order valence-electron chi connectivity index (χ4n) is 1.80. The van der Waals surface area contributed by atoms with Crippen molar-refractivity contribution in [2.75, 3.05) is 13.1 Å². The van der Waals surface area contributed by atoms with Gasteiger partial charge in [-0.3, -0.25) is 4.79 Å². The Morgan fingerprint density at radius 1 is 1.69 bits per heavy atom. The van der Waals surface area contributed by atoms with E-state index in [0.717, 1.165) is 30.8 Å². The lowest BCUT2D eigenvalue weighted by Gasteiger charge is -2.25. The number of esters is 1. The fraction of sp³-hybridized carbons (Fsp3) is 0.417. The van der Waals surface area contributed by atoms with E-state index in [1.54, 1.807) is 6.26 Å². The maximum absolute atomic E-state index is 11.0. The van der Waals surface area contributed by atoms with Crippen LogP contribution in [0.5, 0.6) is 0 Å². The predicted octanol–water partition coefficient (Wildman–Crippen LogP) is 1.59. The number of hydrogen-bond donors (Lipinski definition) is 1. The van der Waals surface area contributed by atoms with Crippen LogP contribution in [0.25, 0.3) is 6.08 Å². The summed E-state index contributed by atoms with van der Waals surface area (Å²) in [5.74, 6) is 0.549. The van der Waals surface area contributed by atoms with Crippen LogP contribution >= 0.6 is 0 Å². The number of nitrogens with one attached hydrogen (secondary N) is 1. The summed E-state index contributed by atoms with van der Waals surface area (Å²) in [6.45, 7) is 3.04. The normalized spacial score (nSPS) is 23.3. The Kier molecular flexibility index (Phi) is 3.41. The van der Waals surface area contributed by atoms with Gasteiger partial charge in [0.1, 0.15) is 11.9 Å². The summed E-state index contributed by atoms with van der Waals surface area (Å²) in [5.41, 5.74) is 1.05. The number of rotatable bonds is 2. The standard InChI is InChI=1S/C12H15NO3/c1-9(14)16-12-4-5-13-8-10(12)7-11-3-2-6-15-11/h2-3,6-7,12-13H,4-5,8H2,1H3/b10-7+. The van der Waals surface area contributed by atoms with Crippen LogP contribution in [0.2, 0.25) is 0 Å². The number of furan rings is 1. The Balaban J connectivity index is 2.12. The number of carbonyl (C=O) groups is 1. The molecule has 1 aliphatic heterocycles. The highest BCUT2D eigenvalue weighted by Crippen LogP contribution is 2.18. The zero-order valence-corrected chi connectivity index (χ0v) is 9.23. The summed E-state index contributed by atoms with van der Waals surface area (Å²) in [6, 6.07) is 3.72. The van der Waals surface area contributed by atoms with E-state index >= 15 is 0 Å². The van der Waals surface area contributed by atoms with Gasteiger partial charge >= 0.3 is 5.97 Å². The van der Waals surface area contributed by atoms with Gasteiger partial charge in [0.2, 0.25) is 0 Å². The van der Waals surface area contributed by atoms with Gasteiger partial charge in [-0.1, -0.05) is 0 Å². The van der Waals surface area contributed by atoms with Gasteiger partial charge in [-0.05, 0) is 30.3 Å². The molecule has 0 saturated carbocycles. The van der Waals surface area contributed by atoms with Crippen molar-refractivity contribution in [1.82, 2.24) is 5.32 Å². The lowest BCUT2D eigenvalue weighted by Crippen LogP contribution is -2.35. The van der Waals surface area contributed by atoms with Crippen molar-refractivity contribution in [1.29, 1.82) is 0 Å².